The van der Waals surface area contributed by atoms with Crippen LogP contribution in [0.15, 0.2) is 61.0 Å². The number of nitrogens with zero attached hydrogens (tertiary/aromatic N) is 3. The van der Waals surface area contributed by atoms with Crippen molar-refractivity contribution in [2.45, 2.75) is 6.54 Å². The number of thiazole rings is 1. The van der Waals surface area contributed by atoms with Crippen LogP contribution < -0.4 is 0 Å². The van der Waals surface area contributed by atoms with Gasteiger partial charge in [-0.1, -0.05) is 39.7 Å². The lowest BCUT2D eigenvalue weighted by Crippen LogP contribution is -1.84. The quantitative estimate of drug-likeness (QED) is 0.404. The maximum Gasteiger partial charge on any atom is 0.230 e. The summed E-state index contributed by atoms with van der Waals surface area (Å²) in [7, 11) is 0. The molecule has 0 spiro atoms. The van der Waals surface area contributed by atoms with E-state index in [4.69, 9.17) is 11.6 Å². The van der Waals surface area contributed by atoms with E-state index < -0.39 is 0 Å². The molecule has 1 aromatic heterocycles. The van der Waals surface area contributed by atoms with Crippen molar-refractivity contribution in [3.63, 3.8) is 0 Å². The van der Waals surface area contributed by atoms with Gasteiger partial charge in [0.1, 0.15) is 5.75 Å². The second kappa shape index (κ2) is 7.74. The topological polar surface area (TPSA) is 57.8 Å². The Kier molecular flexibility index (Phi) is 5.65. The molecule has 0 aliphatic rings. The molecule has 1 heterocycles. The van der Waals surface area contributed by atoms with E-state index in [9.17, 15) is 5.11 Å². The maximum atomic E-state index is 10.0. The Morgan fingerprint density at radius 2 is 1.92 bits per heavy atom. The lowest BCUT2D eigenvalue weighted by molar-refractivity contribution is 0.464. The van der Waals surface area contributed by atoms with Gasteiger partial charge >= 0.3 is 0 Å². The predicted octanol–water partition coefficient (Wildman–Crippen LogP) is 6.98. The highest BCUT2D eigenvalue weighted by Crippen LogP contribution is 2.33. The zero-order valence-electron chi connectivity index (χ0n) is 12.1. The van der Waals surface area contributed by atoms with Crippen LogP contribution in [0.2, 0.25) is 5.02 Å². The molecule has 4 nitrogen and oxygen atoms in total. The van der Waals surface area contributed by atoms with Gasteiger partial charge in [-0.3, -0.25) is 0 Å². The first-order chi connectivity index (χ1) is 11.5. The average Bonchev–Trinajstić information content (AvgIpc) is 3.01. The van der Waals surface area contributed by atoms with Gasteiger partial charge in [0, 0.05) is 26.0 Å². The summed E-state index contributed by atoms with van der Waals surface area (Å²) in [5.74, 6) is 0.165. The van der Waals surface area contributed by atoms with Crippen molar-refractivity contribution < 1.29 is 5.11 Å². The van der Waals surface area contributed by atoms with Crippen LogP contribution in [0.5, 0.6) is 5.75 Å². The molecule has 0 atom stereocenters. The first kappa shape index (κ1) is 17.5. The van der Waals surface area contributed by atoms with E-state index in [0.717, 1.165) is 15.7 Å². The number of halogens is 3. The summed E-state index contributed by atoms with van der Waals surface area (Å²) in [6.07, 6.45) is 0. The van der Waals surface area contributed by atoms with Gasteiger partial charge in [-0.05, 0) is 40.2 Å². The number of benzene rings is 2. The zero-order chi connectivity index (χ0) is 17.1. The number of aromatic nitrogens is 1. The fraction of sp³-hybridized carbons (Fsp3) is 0.0625. The Morgan fingerprint density at radius 1 is 1.17 bits per heavy atom. The first-order valence-electron chi connectivity index (χ1n) is 6.79. The van der Waals surface area contributed by atoms with E-state index in [-0.39, 0.29) is 12.3 Å². The summed E-state index contributed by atoms with van der Waals surface area (Å²) in [6.45, 7) is 0.264. The minimum absolute atomic E-state index is 0.165. The molecule has 0 radical (unpaired) electrons. The second-order valence-electron chi connectivity index (χ2n) is 4.82. The molecule has 0 saturated heterocycles. The third kappa shape index (κ3) is 4.22. The van der Waals surface area contributed by atoms with Crippen LogP contribution >= 0.6 is 54.8 Å². The normalized spacial score (nSPS) is 11.3. The second-order valence-corrected chi connectivity index (χ2v) is 7.86. The summed E-state index contributed by atoms with van der Waals surface area (Å²) in [6, 6.07) is 11.1. The SMILES string of the molecule is Oc1c(Br)cc(Br)cc1CN=Nc1nc(-c2ccc(Cl)cc2)cs1. The average molecular weight is 488 g/mol. The molecule has 0 aliphatic carbocycles. The molecule has 2 aromatic carbocycles. The van der Waals surface area contributed by atoms with Crippen molar-refractivity contribution in [2.75, 3.05) is 0 Å². The fourth-order valence-corrected chi connectivity index (χ4v) is 4.08. The zero-order valence-corrected chi connectivity index (χ0v) is 16.8. The van der Waals surface area contributed by atoms with Crippen LogP contribution in [0.3, 0.4) is 0 Å². The molecule has 0 bridgehead atoms. The van der Waals surface area contributed by atoms with Crippen LogP contribution in [0.25, 0.3) is 11.3 Å². The lowest BCUT2D eigenvalue weighted by atomic mass is 10.2. The van der Waals surface area contributed by atoms with Crippen LogP contribution in [-0.2, 0) is 6.54 Å². The van der Waals surface area contributed by atoms with Crippen LogP contribution in [0.4, 0.5) is 5.13 Å². The third-order valence-electron chi connectivity index (χ3n) is 3.14. The van der Waals surface area contributed by atoms with E-state index in [2.05, 4.69) is 47.1 Å². The summed E-state index contributed by atoms with van der Waals surface area (Å²) >= 11 is 14.0. The number of hydrogen-bond acceptors (Lipinski definition) is 5. The van der Waals surface area contributed by atoms with Crippen molar-refractivity contribution >= 4 is 59.9 Å². The molecular weight excluding hydrogens is 478 g/mol. The minimum Gasteiger partial charge on any atom is -0.506 e. The van der Waals surface area contributed by atoms with Gasteiger partial charge in [0.05, 0.1) is 16.7 Å². The number of phenolic OH excluding ortho intramolecular Hbond substituents is 1. The van der Waals surface area contributed by atoms with Crippen molar-refractivity contribution in [2.24, 2.45) is 10.2 Å². The fourth-order valence-electron chi connectivity index (χ4n) is 1.98. The van der Waals surface area contributed by atoms with E-state index in [0.29, 0.717) is 20.2 Å². The summed E-state index contributed by atoms with van der Waals surface area (Å²) in [5, 5.41) is 21.4. The largest absolute Gasteiger partial charge is 0.506 e. The van der Waals surface area contributed by atoms with Gasteiger partial charge in [-0.25, -0.2) is 4.98 Å². The highest BCUT2D eigenvalue weighted by molar-refractivity contribution is 9.11. The Morgan fingerprint density at radius 3 is 2.67 bits per heavy atom. The lowest BCUT2D eigenvalue weighted by Gasteiger charge is -2.03. The summed E-state index contributed by atoms with van der Waals surface area (Å²) < 4.78 is 1.47. The monoisotopic (exact) mass is 485 g/mol. The molecule has 122 valence electrons. The molecule has 3 rings (SSSR count). The molecule has 3 aromatic rings. The van der Waals surface area contributed by atoms with E-state index in [1.165, 1.54) is 11.3 Å². The molecule has 8 heteroatoms. The van der Waals surface area contributed by atoms with Crippen LogP contribution in [0, 0.1) is 0 Å². The number of rotatable bonds is 4. The van der Waals surface area contributed by atoms with Crippen molar-refractivity contribution in [3.05, 3.63) is 61.3 Å². The number of phenols is 1. The highest BCUT2D eigenvalue weighted by Gasteiger charge is 2.07. The van der Waals surface area contributed by atoms with Crippen molar-refractivity contribution in [1.29, 1.82) is 0 Å². The standard InChI is InChI=1S/C16H10Br2ClN3OS/c17-11-5-10(15(23)13(18)6-11)7-20-22-16-21-14(8-24-16)9-1-3-12(19)4-2-9/h1-6,8,23H,7H2. The Hall–Kier alpha value is -1.28. The Bertz CT molecular complexity index is 897. The number of aromatic hydroxyl groups is 1. The first-order valence-corrected chi connectivity index (χ1v) is 9.63. The summed E-state index contributed by atoms with van der Waals surface area (Å²) in [5.41, 5.74) is 2.49. The third-order valence-corrected chi connectivity index (χ3v) is 5.18. The molecule has 0 unspecified atom stereocenters. The van der Waals surface area contributed by atoms with Crippen molar-refractivity contribution in [3.8, 4) is 17.0 Å². The van der Waals surface area contributed by atoms with E-state index >= 15 is 0 Å². The number of azo groups is 1. The van der Waals surface area contributed by atoms with Gasteiger partial charge in [0.15, 0.2) is 0 Å². The molecule has 0 fully saturated rings. The van der Waals surface area contributed by atoms with Gasteiger partial charge in [-0.2, -0.15) is 5.11 Å². The summed E-state index contributed by atoms with van der Waals surface area (Å²) in [4.78, 5) is 4.43. The van der Waals surface area contributed by atoms with Gasteiger partial charge in [0.2, 0.25) is 5.13 Å². The molecule has 24 heavy (non-hydrogen) atoms. The van der Waals surface area contributed by atoms with E-state index in [1.54, 1.807) is 12.1 Å². The molecule has 0 amide bonds. The van der Waals surface area contributed by atoms with E-state index in [1.807, 2.05) is 29.6 Å². The smallest absolute Gasteiger partial charge is 0.230 e. The molecule has 1 N–H and O–H groups in total. The van der Waals surface area contributed by atoms with Crippen molar-refractivity contribution in [1.82, 2.24) is 4.98 Å². The molecular formula is C16H10Br2ClN3OS. The molecule has 0 saturated carbocycles. The van der Waals surface area contributed by atoms with Gasteiger partial charge in [0.25, 0.3) is 0 Å². The maximum absolute atomic E-state index is 10.0. The van der Waals surface area contributed by atoms with Crippen LogP contribution in [0.1, 0.15) is 5.56 Å². The Labute approximate surface area is 164 Å². The predicted molar refractivity (Wildman–Crippen MR) is 104 cm³/mol. The van der Waals surface area contributed by atoms with Gasteiger partial charge in [-0.15, -0.1) is 16.5 Å². The Balaban J connectivity index is 1.73. The molecule has 0 aliphatic heterocycles. The minimum atomic E-state index is 0.165. The number of hydrogen-bond donors (Lipinski definition) is 1. The van der Waals surface area contributed by atoms with Crippen LogP contribution in [-0.4, -0.2) is 10.1 Å². The highest BCUT2D eigenvalue weighted by atomic mass is 79.9. The van der Waals surface area contributed by atoms with Gasteiger partial charge < -0.3 is 5.11 Å².